The summed E-state index contributed by atoms with van der Waals surface area (Å²) in [5, 5.41) is 0. The second-order valence-electron chi connectivity index (χ2n) is 5.22. The van der Waals surface area contributed by atoms with Gasteiger partial charge in [0.1, 0.15) is 5.82 Å². The Morgan fingerprint density at radius 2 is 2.38 bits per heavy atom. The van der Waals surface area contributed by atoms with Crippen molar-refractivity contribution in [1.29, 1.82) is 0 Å². The zero-order chi connectivity index (χ0) is 15.0. The molecule has 3 heterocycles. The van der Waals surface area contributed by atoms with E-state index in [0.717, 1.165) is 33.9 Å². The van der Waals surface area contributed by atoms with E-state index in [4.69, 9.17) is 0 Å². The van der Waals surface area contributed by atoms with Gasteiger partial charge in [0.25, 0.3) is 0 Å². The fourth-order valence-corrected chi connectivity index (χ4v) is 6.13. The Balaban J connectivity index is 1.67. The van der Waals surface area contributed by atoms with Gasteiger partial charge < -0.3 is 4.57 Å². The maximum Gasteiger partial charge on any atom is 0.241 e. The molecule has 0 bridgehead atoms. The first kappa shape index (κ1) is 15.2. The van der Waals surface area contributed by atoms with Crippen molar-refractivity contribution in [2.24, 2.45) is 5.92 Å². The lowest BCUT2D eigenvalue weighted by Crippen LogP contribution is -2.33. The zero-order valence-electron chi connectivity index (χ0n) is 11.5. The Hall–Kier alpha value is -0.700. The van der Waals surface area contributed by atoms with Crippen molar-refractivity contribution in [1.82, 2.24) is 14.3 Å². The van der Waals surface area contributed by atoms with Crippen LogP contribution in [0.15, 0.2) is 27.1 Å². The van der Waals surface area contributed by atoms with Crippen LogP contribution in [-0.4, -0.2) is 24.5 Å². The van der Waals surface area contributed by atoms with E-state index in [1.807, 2.05) is 13.1 Å². The van der Waals surface area contributed by atoms with Gasteiger partial charge in [0, 0.05) is 36.8 Å². The summed E-state index contributed by atoms with van der Waals surface area (Å²) in [5.41, 5.74) is 0. The molecule has 0 unspecified atom stereocenters. The molecule has 5 nitrogen and oxygen atoms in total. The summed E-state index contributed by atoms with van der Waals surface area (Å²) < 4.78 is 30.4. The lowest BCUT2D eigenvalue weighted by molar-refractivity contribution is 0.363. The number of sulfonamides is 1. The van der Waals surface area contributed by atoms with Crippen LogP contribution in [0, 0.1) is 12.8 Å². The first-order chi connectivity index (χ1) is 9.95. The molecule has 1 N–H and O–H groups in total. The van der Waals surface area contributed by atoms with E-state index in [9.17, 15) is 8.42 Å². The molecule has 0 saturated carbocycles. The van der Waals surface area contributed by atoms with Crippen LogP contribution >= 0.6 is 27.3 Å². The molecule has 0 spiro atoms. The average molecular weight is 390 g/mol. The minimum Gasteiger partial charge on any atom is -0.335 e. The van der Waals surface area contributed by atoms with Gasteiger partial charge in [-0.1, -0.05) is 0 Å². The number of nitrogens with one attached hydrogen (secondary N) is 1. The molecular weight excluding hydrogens is 374 g/mol. The molecular formula is C13H16BrN3O2S2. The van der Waals surface area contributed by atoms with Crippen molar-refractivity contribution >= 4 is 37.3 Å². The fraction of sp³-hybridized carbons (Fsp3) is 0.462. The Labute approximate surface area is 136 Å². The van der Waals surface area contributed by atoms with E-state index in [1.165, 1.54) is 11.3 Å². The number of hydrogen-bond donors (Lipinski definition) is 1. The molecule has 0 aliphatic carbocycles. The number of imidazole rings is 1. The van der Waals surface area contributed by atoms with Gasteiger partial charge in [-0.15, -0.1) is 11.3 Å². The van der Waals surface area contributed by atoms with E-state index in [2.05, 4.69) is 30.2 Å². The summed E-state index contributed by atoms with van der Waals surface area (Å²) in [6.45, 7) is 3.11. The van der Waals surface area contributed by atoms with Crippen molar-refractivity contribution in [2.45, 2.75) is 31.2 Å². The van der Waals surface area contributed by atoms with Crippen molar-refractivity contribution in [3.05, 3.63) is 32.9 Å². The van der Waals surface area contributed by atoms with Gasteiger partial charge in [-0.2, -0.15) is 0 Å². The number of hydrogen-bond acceptors (Lipinski definition) is 4. The molecule has 0 amide bonds. The molecule has 2 aromatic rings. The van der Waals surface area contributed by atoms with Crippen LogP contribution in [0.4, 0.5) is 0 Å². The number of aromatic nitrogens is 2. The number of thiophene rings is 1. The zero-order valence-corrected chi connectivity index (χ0v) is 14.8. The molecule has 0 saturated heterocycles. The summed E-state index contributed by atoms with van der Waals surface area (Å²) in [7, 11) is -3.43. The highest BCUT2D eigenvalue weighted by atomic mass is 79.9. The minimum atomic E-state index is -3.43. The monoisotopic (exact) mass is 389 g/mol. The highest BCUT2D eigenvalue weighted by Crippen LogP contribution is 2.29. The number of halogens is 1. The third kappa shape index (κ3) is 3.23. The molecule has 8 heteroatoms. The third-order valence-corrected chi connectivity index (χ3v) is 6.96. The average Bonchev–Trinajstić information content (AvgIpc) is 3.02. The maximum absolute atomic E-state index is 12.4. The Morgan fingerprint density at radius 1 is 1.57 bits per heavy atom. The molecule has 1 aliphatic rings. The predicted molar refractivity (Wildman–Crippen MR) is 86.0 cm³/mol. The van der Waals surface area contributed by atoms with E-state index >= 15 is 0 Å². The summed E-state index contributed by atoms with van der Waals surface area (Å²) in [6, 6.07) is 1.66. The first-order valence-corrected chi connectivity index (χ1v) is 9.80. The fourth-order valence-electron chi connectivity index (χ4n) is 2.61. The summed E-state index contributed by atoms with van der Waals surface area (Å²) in [4.78, 5) is 5.46. The Bertz CT molecular complexity index is 751. The highest BCUT2D eigenvalue weighted by Gasteiger charge is 2.23. The van der Waals surface area contributed by atoms with Crippen molar-refractivity contribution < 1.29 is 8.42 Å². The summed E-state index contributed by atoms with van der Waals surface area (Å²) >= 11 is 4.77. The quantitative estimate of drug-likeness (QED) is 0.873. The van der Waals surface area contributed by atoms with Gasteiger partial charge in [-0.25, -0.2) is 18.1 Å². The summed E-state index contributed by atoms with van der Waals surface area (Å²) in [5.74, 6) is 1.40. The van der Waals surface area contributed by atoms with E-state index in [1.54, 1.807) is 12.3 Å². The van der Waals surface area contributed by atoms with Gasteiger partial charge in [-0.05, 0) is 41.3 Å². The molecule has 1 atom stereocenters. The highest BCUT2D eigenvalue weighted by molar-refractivity contribution is 9.11. The molecule has 1 aliphatic heterocycles. The number of nitrogens with zero attached hydrogens (tertiary/aromatic N) is 2. The van der Waals surface area contributed by atoms with E-state index in [0.29, 0.717) is 17.4 Å². The molecule has 0 fully saturated rings. The molecule has 2 aromatic heterocycles. The number of rotatable bonds is 4. The van der Waals surface area contributed by atoms with Gasteiger partial charge in [0.2, 0.25) is 10.0 Å². The molecule has 0 aromatic carbocycles. The number of aryl methyl sites for hydroxylation is 2. The third-order valence-electron chi connectivity index (χ3n) is 3.73. The standard InChI is InChI=1S/C13H16BrN3O2S2/c1-9-11(6-12(14)20-9)21(18,19)16-7-10-2-3-13-15-4-5-17(13)8-10/h4-6,10,16H,2-3,7-8H2,1H3/t10-/m0/s1. The number of fused-ring (bicyclic) bond motifs is 1. The lowest BCUT2D eigenvalue weighted by Gasteiger charge is -2.23. The predicted octanol–water partition coefficient (Wildman–Crippen LogP) is 2.56. The second-order valence-corrected chi connectivity index (χ2v) is 9.59. The molecule has 114 valence electrons. The van der Waals surface area contributed by atoms with E-state index in [-0.39, 0.29) is 0 Å². The van der Waals surface area contributed by atoms with Crippen LogP contribution in [0.5, 0.6) is 0 Å². The Morgan fingerprint density at radius 3 is 3.10 bits per heavy atom. The maximum atomic E-state index is 12.4. The Kier molecular flexibility index (Phi) is 4.22. The van der Waals surface area contributed by atoms with Gasteiger partial charge in [0.15, 0.2) is 0 Å². The van der Waals surface area contributed by atoms with Crippen molar-refractivity contribution in [3.8, 4) is 0 Å². The smallest absolute Gasteiger partial charge is 0.241 e. The van der Waals surface area contributed by atoms with Crippen LogP contribution in [0.2, 0.25) is 0 Å². The molecule has 0 radical (unpaired) electrons. The first-order valence-electron chi connectivity index (χ1n) is 6.71. The van der Waals surface area contributed by atoms with Crippen LogP contribution in [0.25, 0.3) is 0 Å². The molecule has 21 heavy (non-hydrogen) atoms. The van der Waals surface area contributed by atoms with Crippen LogP contribution in [0.3, 0.4) is 0 Å². The molecule has 3 rings (SSSR count). The lowest BCUT2D eigenvalue weighted by atomic mass is 10.00. The second kappa shape index (κ2) is 5.83. The van der Waals surface area contributed by atoms with Crippen LogP contribution in [0.1, 0.15) is 17.1 Å². The largest absolute Gasteiger partial charge is 0.335 e. The normalized spacial score (nSPS) is 18.7. The van der Waals surface area contributed by atoms with Gasteiger partial charge in [-0.3, -0.25) is 0 Å². The van der Waals surface area contributed by atoms with Crippen molar-refractivity contribution in [2.75, 3.05) is 6.54 Å². The van der Waals surface area contributed by atoms with Gasteiger partial charge >= 0.3 is 0 Å². The van der Waals surface area contributed by atoms with Crippen LogP contribution in [-0.2, 0) is 23.0 Å². The minimum absolute atomic E-state index is 0.309. The van der Waals surface area contributed by atoms with Crippen molar-refractivity contribution in [3.63, 3.8) is 0 Å². The summed E-state index contributed by atoms with van der Waals surface area (Å²) in [6.07, 6.45) is 5.62. The van der Waals surface area contributed by atoms with E-state index < -0.39 is 10.0 Å². The van der Waals surface area contributed by atoms with Crippen LogP contribution < -0.4 is 4.72 Å². The van der Waals surface area contributed by atoms with Gasteiger partial charge in [0.05, 0.1) is 8.68 Å². The SMILES string of the molecule is Cc1sc(Br)cc1S(=O)(=O)NC[C@@H]1CCc2nccn2C1. The topological polar surface area (TPSA) is 64.0 Å².